The van der Waals surface area contributed by atoms with Crippen molar-refractivity contribution in [3.05, 3.63) is 8.47 Å². The average Bonchev–Trinajstić information content (AvgIpc) is 1.92. The molecule has 0 saturated carbocycles. The Morgan fingerprint density at radius 1 is 0.900 bits per heavy atom. The Hall–Kier alpha value is 0.880. The Kier molecular flexibility index (Phi) is 4.21. The summed E-state index contributed by atoms with van der Waals surface area (Å²) < 4.78 is 1.86. The zero-order valence-electron chi connectivity index (χ0n) is 5.46. The van der Waals surface area contributed by atoms with Gasteiger partial charge in [-0.3, -0.25) is 0 Å². The van der Waals surface area contributed by atoms with Gasteiger partial charge in [-0.2, -0.15) is 32.0 Å². The van der Waals surface area contributed by atoms with E-state index >= 15 is 0 Å². The highest BCUT2D eigenvalue weighted by Crippen LogP contribution is 2.29. The predicted octanol–water partition coefficient (Wildman–Crippen LogP) is 2.47. The number of thioether (sulfide) groups is 2. The molecular weight excluding hydrogens is 200 g/mol. The third-order valence-corrected chi connectivity index (χ3v) is 4.72. The van der Waals surface area contributed by atoms with E-state index in [0.717, 1.165) is 20.0 Å². The van der Waals surface area contributed by atoms with Gasteiger partial charge in [0.2, 0.25) is 0 Å². The summed E-state index contributed by atoms with van der Waals surface area (Å²) in [6.45, 7) is 0. The van der Waals surface area contributed by atoms with Crippen LogP contribution in [0.15, 0.2) is 8.47 Å². The van der Waals surface area contributed by atoms with Crippen LogP contribution < -0.4 is 0 Å². The van der Waals surface area contributed by atoms with Gasteiger partial charge in [0, 0.05) is 0 Å². The van der Waals surface area contributed by atoms with Gasteiger partial charge in [-0.15, -0.1) is 0 Å². The van der Waals surface area contributed by atoms with E-state index in [9.17, 15) is 0 Å². The zero-order chi connectivity index (χ0) is 7.40. The maximum absolute atomic E-state index is 5.08. The van der Waals surface area contributed by atoms with Gasteiger partial charge in [0.25, 0.3) is 0 Å². The molecule has 0 nitrogen and oxygen atoms in total. The van der Waals surface area contributed by atoms with Crippen molar-refractivity contribution in [3.8, 4) is 0 Å². The highest BCUT2D eigenvalue weighted by Gasteiger charge is 1.94. The van der Waals surface area contributed by atoms with Crippen LogP contribution in [0.3, 0.4) is 0 Å². The molecule has 0 aromatic carbocycles. The van der Waals surface area contributed by atoms with Crippen LogP contribution in [0.2, 0.25) is 0 Å². The van der Waals surface area contributed by atoms with Gasteiger partial charge in [0.15, 0.2) is 0 Å². The van der Waals surface area contributed by atoms with Crippen molar-refractivity contribution in [2.45, 2.75) is 12.8 Å². The van der Waals surface area contributed by atoms with Gasteiger partial charge in [0.1, 0.15) is 0 Å². The molecule has 0 radical (unpaired) electrons. The molecule has 1 heterocycles. The van der Waals surface area contributed by atoms with Crippen molar-refractivity contribution in [3.63, 3.8) is 0 Å². The Balaban J connectivity index is 2.51. The molecular formula is C6H8S4-2. The van der Waals surface area contributed by atoms with Gasteiger partial charge >= 0.3 is 0 Å². The summed E-state index contributed by atoms with van der Waals surface area (Å²) in [5, 5.41) is 0. The van der Waals surface area contributed by atoms with E-state index in [-0.39, 0.29) is 0 Å². The molecule has 0 unspecified atom stereocenters. The van der Waals surface area contributed by atoms with Crippen molar-refractivity contribution in [2.24, 2.45) is 0 Å². The van der Waals surface area contributed by atoms with E-state index in [1.807, 2.05) is 0 Å². The van der Waals surface area contributed by atoms with Crippen molar-refractivity contribution in [2.75, 3.05) is 11.5 Å². The van der Waals surface area contributed by atoms with Crippen LogP contribution in [0.1, 0.15) is 12.8 Å². The second-order valence-corrected chi connectivity index (χ2v) is 5.52. The normalized spacial score (nSPS) is 29.2. The molecule has 0 saturated heterocycles. The lowest BCUT2D eigenvalue weighted by Gasteiger charge is -2.25. The molecule has 1 aliphatic rings. The lowest BCUT2D eigenvalue weighted by Crippen LogP contribution is -1.90. The Labute approximate surface area is 81.4 Å². The second kappa shape index (κ2) is 4.70. The highest BCUT2D eigenvalue weighted by atomic mass is 32.2. The fraction of sp³-hybridized carbons (Fsp3) is 0.667. The first-order chi connectivity index (χ1) is 4.80. The van der Waals surface area contributed by atoms with Crippen molar-refractivity contribution >= 4 is 48.8 Å². The van der Waals surface area contributed by atoms with Crippen LogP contribution in [-0.2, 0) is 25.3 Å². The molecule has 0 aliphatic carbocycles. The van der Waals surface area contributed by atoms with Crippen LogP contribution in [0, 0.1) is 0 Å². The summed E-state index contributed by atoms with van der Waals surface area (Å²) in [4.78, 5) is 0. The first-order valence-corrected chi connectivity index (χ1v) is 5.93. The van der Waals surface area contributed by atoms with E-state index in [4.69, 9.17) is 25.3 Å². The molecule has 1 rings (SSSR count). The summed E-state index contributed by atoms with van der Waals surface area (Å²) in [6.07, 6.45) is 2.56. The van der Waals surface area contributed by atoms with E-state index in [1.165, 1.54) is 12.8 Å². The fourth-order valence-corrected chi connectivity index (χ4v) is 3.16. The zero-order valence-corrected chi connectivity index (χ0v) is 8.73. The largest absolute Gasteiger partial charge is 0.774 e. The molecule has 10 heavy (non-hydrogen) atoms. The fourth-order valence-electron chi connectivity index (χ4n) is 0.652. The van der Waals surface area contributed by atoms with Crippen LogP contribution >= 0.6 is 23.5 Å². The van der Waals surface area contributed by atoms with Crippen molar-refractivity contribution in [1.29, 1.82) is 0 Å². The third kappa shape index (κ3) is 2.86. The summed E-state index contributed by atoms with van der Waals surface area (Å²) >= 11 is 13.6. The van der Waals surface area contributed by atoms with Crippen LogP contribution in [-0.4, -0.2) is 11.5 Å². The van der Waals surface area contributed by atoms with E-state index in [2.05, 4.69) is 0 Å². The Morgan fingerprint density at radius 2 is 1.30 bits per heavy atom. The van der Waals surface area contributed by atoms with Crippen LogP contribution in [0.5, 0.6) is 0 Å². The minimum atomic E-state index is 0.930. The molecule has 0 N–H and O–H groups in total. The van der Waals surface area contributed by atoms with Gasteiger partial charge < -0.3 is 25.3 Å². The van der Waals surface area contributed by atoms with Crippen LogP contribution in [0.4, 0.5) is 0 Å². The highest BCUT2D eigenvalue weighted by molar-refractivity contribution is 8.16. The standard InChI is InChI=1S/C6H10S4/c7-5-6(8)10-4-2-1-3-9-5/h7-8H,1-4H2/p-2/b6-5-. The van der Waals surface area contributed by atoms with E-state index in [1.54, 1.807) is 23.5 Å². The maximum Gasteiger partial charge on any atom is -0.00408 e. The smallest absolute Gasteiger partial charge is 0.00408 e. The number of rotatable bonds is 0. The van der Waals surface area contributed by atoms with Crippen molar-refractivity contribution < 1.29 is 0 Å². The van der Waals surface area contributed by atoms with Crippen molar-refractivity contribution in [1.82, 2.24) is 0 Å². The molecule has 0 aromatic rings. The molecule has 0 bridgehead atoms. The molecule has 0 fully saturated rings. The summed E-state index contributed by atoms with van der Waals surface area (Å²) in [5.41, 5.74) is 0. The number of hydrogen-bond donors (Lipinski definition) is 0. The Morgan fingerprint density at radius 3 is 1.70 bits per heavy atom. The van der Waals surface area contributed by atoms with Crippen LogP contribution in [0.25, 0.3) is 0 Å². The second-order valence-electron chi connectivity index (χ2n) is 1.98. The topological polar surface area (TPSA) is 0 Å². The predicted molar refractivity (Wildman–Crippen MR) is 55.9 cm³/mol. The summed E-state index contributed by atoms with van der Waals surface area (Å²) in [5.74, 6) is 2.30. The molecule has 0 spiro atoms. The molecule has 0 aromatic heterocycles. The van der Waals surface area contributed by atoms with E-state index in [0.29, 0.717) is 0 Å². The minimum absolute atomic E-state index is 0.930. The quantitative estimate of drug-likeness (QED) is 0.561. The summed E-state index contributed by atoms with van der Waals surface area (Å²) in [7, 11) is 0. The molecule has 0 atom stereocenters. The third-order valence-electron chi connectivity index (χ3n) is 1.17. The number of hydrogen-bond acceptors (Lipinski definition) is 4. The van der Waals surface area contributed by atoms with E-state index < -0.39 is 0 Å². The molecule has 4 heteroatoms. The first-order valence-electron chi connectivity index (χ1n) is 3.14. The van der Waals surface area contributed by atoms with Gasteiger partial charge in [-0.05, 0) is 24.3 Å². The summed E-state index contributed by atoms with van der Waals surface area (Å²) in [6, 6.07) is 0. The average molecular weight is 208 g/mol. The minimum Gasteiger partial charge on any atom is -0.774 e. The monoisotopic (exact) mass is 208 g/mol. The molecule has 1 aliphatic heterocycles. The molecule has 58 valence electrons. The van der Waals surface area contributed by atoms with Gasteiger partial charge in [-0.1, -0.05) is 0 Å². The SMILES string of the molecule is [S-]/C1=C(\[S-])SCCCCS1. The first kappa shape index (κ1) is 8.97. The maximum atomic E-state index is 5.08. The van der Waals surface area contributed by atoms with Gasteiger partial charge in [-0.25, -0.2) is 0 Å². The van der Waals surface area contributed by atoms with Gasteiger partial charge in [0.05, 0.1) is 0 Å². The lowest BCUT2D eigenvalue weighted by molar-refractivity contribution is 0.909. The lowest BCUT2D eigenvalue weighted by atomic mass is 10.4. The molecule has 0 amide bonds. The Bertz CT molecular complexity index is 125.